The Labute approximate surface area is 126 Å². The molecule has 1 aliphatic heterocycles. The van der Waals surface area contributed by atoms with E-state index >= 15 is 0 Å². The molecule has 1 unspecified atom stereocenters. The lowest BCUT2D eigenvalue weighted by molar-refractivity contribution is 0.00627. The monoisotopic (exact) mass is 342 g/mol. The zero-order valence-electron chi connectivity index (χ0n) is 10.6. The van der Waals surface area contributed by atoms with Crippen LogP contribution in [0.15, 0.2) is 22.7 Å². The van der Waals surface area contributed by atoms with E-state index in [2.05, 4.69) is 31.5 Å². The number of nitrogens with zero attached hydrogens (tertiary/aromatic N) is 2. The molecular formula is C14H16BrClN2O. The van der Waals surface area contributed by atoms with Crippen LogP contribution in [-0.4, -0.2) is 22.3 Å². The van der Waals surface area contributed by atoms with Gasteiger partial charge in [-0.2, -0.15) is 0 Å². The summed E-state index contributed by atoms with van der Waals surface area (Å²) < 4.78 is 9.06. The molecule has 102 valence electrons. The number of hydrogen-bond donors (Lipinski definition) is 0. The SMILES string of the molecule is ClCc1nc2cc(Br)ccc2n1CC1CCCCO1. The maximum absolute atomic E-state index is 6.03. The molecule has 0 radical (unpaired) electrons. The molecule has 3 nitrogen and oxygen atoms in total. The molecule has 1 aliphatic rings. The van der Waals surface area contributed by atoms with E-state index in [1.165, 1.54) is 12.8 Å². The van der Waals surface area contributed by atoms with Gasteiger partial charge < -0.3 is 9.30 Å². The average Bonchev–Trinajstić information content (AvgIpc) is 2.77. The zero-order chi connectivity index (χ0) is 13.2. The molecule has 1 fully saturated rings. The molecular weight excluding hydrogens is 328 g/mol. The fraction of sp³-hybridized carbons (Fsp3) is 0.500. The van der Waals surface area contributed by atoms with Crippen molar-refractivity contribution in [2.45, 2.75) is 37.8 Å². The molecule has 1 aromatic heterocycles. The Kier molecular flexibility index (Phi) is 4.10. The number of halogens is 2. The van der Waals surface area contributed by atoms with Gasteiger partial charge in [-0.3, -0.25) is 0 Å². The van der Waals surface area contributed by atoms with Crippen molar-refractivity contribution in [2.24, 2.45) is 0 Å². The Balaban J connectivity index is 1.95. The standard InChI is InChI=1S/C14H16BrClN2O/c15-10-4-5-13-12(7-10)17-14(8-16)18(13)9-11-3-1-2-6-19-11/h4-5,7,11H,1-3,6,8-9H2. The zero-order valence-corrected chi connectivity index (χ0v) is 13.0. The molecule has 5 heteroatoms. The molecule has 0 spiro atoms. The third-order valence-corrected chi connectivity index (χ3v) is 4.30. The number of alkyl halides is 1. The highest BCUT2D eigenvalue weighted by atomic mass is 79.9. The van der Waals surface area contributed by atoms with Gasteiger partial charge in [0.1, 0.15) is 5.82 Å². The molecule has 1 atom stereocenters. The van der Waals surface area contributed by atoms with Gasteiger partial charge in [-0.25, -0.2) is 4.98 Å². The highest BCUT2D eigenvalue weighted by Gasteiger charge is 2.18. The van der Waals surface area contributed by atoms with Crippen molar-refractivity contribution in [3.8, 4) is 0 Å². The molecule has 1 saturated heterocycles. The Morgan fingerprint density at radius 3 is 3.05 bits per heavy atom. The predicted octanol–water partition coefficient (Wildman–Crippen LogP) is 4.11. The Morgan fingerprint density at radius 2 is 2.32 bits per heavy atom. The molecule has 3 rings (SSSR count). The van der Waals surface area contributed by atoms with Crippen LogP contribution in [0.3, 0.4) is 0 Å². The Morgan fingerprint density at radius 1 is 1.42 bits per heavy atom. The molecule has 0 bridgehead atoms. The van der Waals surface area contributed by atoms with Crippen LogP contribution >= 0.6 is 27.5 Å². The van der Waals surface area contributed by atoms with Gasteiger partial charge in [0, 0.05) is 11.1 Å². The molecule has 2 heterocycles. The third kappa shape index (κ3) is 2.81. The van der Waals surface area contributed by atoms with Crippen LogP contribution in [-0.2, 0) is 17.2 Å². The lowest BCUT2D eigenvalue weighted by Crippen LogP contribution is -2.25. The maximum Gasteiger partial charge on any atom is 0.124 e. The topological polar surface area (TPSA) is 27.1 Å². The first-order valence-corrected chi connectivity index (χ1v) is 7.93. The van der Waals surface area contributed by atoms with Crippen LogP contribution in [0.1, 0.15) is 25.1 Å². The van der Waals surface area contributed by atoms with Gasteiger partial charge in [0.15, 0.2) is 0 Å². The molecule has 0 N–H and O–H groups in total. The fourth-order valence-electron chi connectivity index (χ4n) is 2.61. The van der Waals surface area contributed by atoms with Crippen molar-refractivity contribution in [1.82, 2.24) is 9.55 Å². The van der Waals surface area contributed by atoms with E-state index in [-0.39, 0.29) is 6.10 Å². The molecule has 19 heavy (non-hydrogen) atoms. The van der Waals surface area contributed by atoms with E-state index in [9.17, 15) is 0 Å². The number of rotatable bonds is 3. The van der Waals surface area contributed by atoms with Gasteiger partial charge in [0.05, 0.1) is 29.6 Å². The van der Waals surface area contributed by atoms with Crippen LogP contribution in [0.25, 0.3) is 11.0 Å². The van der Waals surface area contributed by atoms with E-state index < -0.39 is 0 Å². The van der Waals surface area contributed by atoms with Crippen molar-refractivity contribution in [3.05, 3.63) is 28.5 Å². The minimum absolute atomic E-state index is 0.289. The van der Waals surface area contributed by atoms with E-state index in [4.69, 9.17) is 16.3 Å². The highest BCUT2D eigenvalue weighted by Crippen LogP contribution is 2.24. The summed E-state index contributed by atoms with van der Waals surface area (Å²) in [6.45, 7) is 1.72. The predicted molar refractivity (Wildman–Crippen MR) is 80.6 cm³/mol. The first kappa shape index (κ1) is 13.4. The Hall–Kier alpha value is -0.580. The molecule has 2 aromatic rings. The van der Waals surface area contributed by atoms with Gasteiger partial charge in [0.2, 0.25) is 0 Å². The fourth-order valence-corrected chi connectivity index (χ4v) is 3.17. The van der Waals surface area contributed by atoms with Crippen LogP contribution in [0.5, 0.6) is 0 Å². The summed E-state index contributed by atoms with van der Waals surface area (Å²) in [7, 11) is 0. The van der Waals surface area contributed by atoms with Gasteiger partial charge in [0.25, 0.3) is 0 Å². The first-order chi connectivity index (χ1) is 9.28. The minimum Gasteiger partial charge on any atom is -0.376 e. The summed E-state index contributed by atoms with van der Waals surface area (Å²) in [6.07, 6.45) is 3.84. The number of aromatic nitrogens is 2. The van der Waals surface area contributed by atoms with Gasteiger partial charge >= 0.3 is 0 Å². The van der Waals surface area contributed by atoms with E-state index in [0.717, 1.165) is 40.9 Å². The second kappa shape index (κ2) is 5.81. The van der Waals surface area contributed by atoms with Crippen molar-refractivity contribution in [1.29, 1.82) is 0 Å². The number of fused-ring (bicyclic) bond motifs is 1. The Bertz CT molecular complexity index is 578. The molecule has 0 aliphatic carbocycles. The van der Waals surface area contributed by atoms with Gasteiger partial charge in [-0.15, -0.1) is 11.6 Å². The van der Waals surface area contributed by atoms with E-state index in [1.807, 2.05) is 12.1 Å². The van der Waals surface area contributed by atoms with Crippen molar-refractivity contribution >= 4 is 38.6 Å². The summed E-state index contributed by atoms with van der Waals surface area (Å²) in [5.74, 6) is 1.35. The quantitative estimate of drug-likeness (QED) is 0.784. The number of imidazole rings is 1. The van der Waals surface area contributed by atoms with Gasteiger partial charge in [-0.05, 0) is 37.5 Å². The second-order valence-electron chi connectivity index (χ2n) is 4.89. The smallest absolute Gasteiger partial charge is 0.124 e. The first-order valence-electron chi connectivity index (χ1n) is 6.60. The van der Waals surface area contributed by atoms with Crippen LogP contribution in [0.4, 0.5) is 0 Å². The number of benzene rings is 1. The molecule has 1 aromatic carbocycles. The molecule has 0 saturated carbocycles. The third-order valence-electron chi connectivity index (χ3n) is 3.57. The summed E-state index contributed by atoms with van der Waals surface area (Å²) in [5, 5.41) is 0. The van der Waals surface area contributed by atoms with E-state index in [1.54, 1.807) is 0 Å². The lowest BCUT2D eigenvalue weighted by Gasteiger charge is -2.23. The van der Waals surface area contributed by atoms with Crippen molar-refractivity contribution < 1.29 is 4.74 Å². The number of hydrogen-bond acceptors (Lipinski definition) is 2. The second-order valence-corrected chi connectivity index (χ2v) is 6.08. The van der Waals surface area contributed by atoms with Gasteiger partial charge in [-0.1, -0.05) is 15.9 Å². The van der Waals surface area contributed by atoms with Crippen molar-refractivity contribution in [2.75, 3.05) is 6.61 Å². The summed E-state index contributed by atoms with van der Waals surface area (Å²) in [4.78, 5) is 4.60. The van der Waals surface area contributed by atoms with Crippen LogP contribution in [0, 0.1) is 0 Å². The minimum atomic E-state index is 0.289. The van der Waals surface area contributed by atoms with Crippen LogP contribution in [0.2, 0.25) is 0 Å². The van der Waals surface area contributed by atoms with Crippen molar-refractivity contribution in [3.63, 3.8) is 0 Å². The molecule has 0 amide bonds. The van der Waals surface area contributed by atoms with Crippen LogP contribution < -0.4 is 0 Å². The van der Waals surface area contributed by atoms with E-state index in [0.29, 0.717) is 5.88 Å². The highest BCUT2D eigenvalue weighted by molar-refractivity contribution is 9.10. The maximum atomic E-state index is 6.03. The summed E-state index contributed by atoms with van der Waals surface area (Å²) in [6, 6.07) is 6.16. The number of ether oxygens (including phenoxy) is 1. The average molecular weight is 344 g/mol. The summed E-state index contributed by atoms with van der Waals surface area (Å²) >= 11 is 9.50. The lowest BCUT2D eigenvalue weighted by atomic mass is 10.1. The largest absolute Gasteiger partial charge is 0.376 e. The summed E-state index contributed by atoms with van der Waals surface area (Å²) in [5.41, 5.74) is 2.12. The normalized spacial score (nSPS) is 20.0.